The Labute approximate surface area is 178 Å². The van der Waals surface area contributed by atoms with Gasteiger partial charge in [-0.2, -0.15) is 0 Å². The number of nitrogens with zero attached hydrogens (tertiary/aromatic N) is 2. The summed E-state index contributed by atoms with van der Waals surface area (Å²) >= 11 is 0. The fourth-order valence-electron chi connectivity index (χ4n) is 4.11. The van der Waals surface area contributed by atoms with Gasteiger partial charge in [0.25, 0.3) is 6.33 Å². The first-order valence-corrected chi connectivity index (χ1v) is 10.4. The lowest BCUT2D eigenvalue weighted by molar-refractivity contribution is -0.662. The van der Waals surface area contributed by atoms with Crippen LogP contribution in [0.5, 0.6) is 0 Å². The number of benzene rings is 3. The first kappa shape index (κ1) is 20.2. The molecule has 30 heavy (non-hydrogen) atoms. The molecule has 4 aromatic rings. The van der Waals surface area contributed by atoms with Crippen molar-refractivity contribution in [3.05, 3.63) is 82.9 Å². The van der Waals surface area contributed by atoms with E-state index in [1.54, 1.807) is 0 Å². The van der Waals surface area contributed by atoms with Crippen molar-refractivity contribution in [1.82, 2.24) is 4.98 Å². The lowest BCUT2D eigenvalue weighted by atomic mass is 9.94. The van der Waals surface area contributed by atoms with Crippen LogP contribution < -0.4 is 4.57 Å². The fraction of sp³-hybridized carbons (Fsp3) is 0.259. The van der Waals surface area contributed by atoms with Crippen LogP contribution in [0.2, 0.25) is 0 Å². The van der Waals surface area contributed by atoms with E-state index in [0.717, 1.165) is 33.3 Å². The third-order valence-corrected chi connectivity index (χ3v) is 6.14. The van der Waals surface area contributed by atoms with Crippen LogP contribution in [-0.4, -0.2) is 4.98 Å². The molecule has 0 spiro atoms. The van der Waals surface area contributed by atoms with E-state index in [1.165, 1.54) is 11.1 Å². The largest absolute Gasteiger partial charge is 0.287 e. The monoisotopic (exact) mass is 399 g/mol. The molecule has 0 fully saturated rings. The minimum Gasteiger partial charge on any atom is -0.232 e. The van der Waals surface area contributed by atoms with Gasteiger partial charge in [-0.3, -0.25) is 0 Å². The van der Waals surface area contributed by atoms with Crippen molar-refractivity contribution >= 4 is 10.9 Å². The average molecular weight is 400 g/mol. The van der Waals surface area contributed by atoms with Crippen LogP contribution in [0.25, 0.3) is 33.3 Å². The van der Waals surface area contributed by atoms with E-state index >= 15 is 0 Å². The Morgan fingerprint density at radius 3 is 2.20 bits per heavy atom. The molecule has 0 saturated heterocycles. The summed E-state index contributed by atoms with van der Waals surface area (Å²) in [4.78, 5) is 4.68. The van der Waals surface area contributed by atoms with E-state index in [-0.39, 0.29) is 5.82 Å². The summed E-state index contributed by atoms with van der Waals surface area (Å²) in [6, 6.07) is 17.1. The molecule has 0 saturated carbocycles. The molecule has 1 heterocycles. The molecule has 0 unspecified atom stereocenters. The summed E-state index contributed by atoms with van der Waals surface area (Å²) in [6.45, 7) is 10.1. The Kier molecular flexibility index (Phi) is 5.15. The Morgan fingerprint density at radius 1 is 0.867 bits per heavy atom. The number of aromatic nitrogens is 2. The van der Waals surface area contributed by atoms with Crippen molar-refractivity contribution in [3.63, 3.8) is 0 Å². The highest BCUT2D eigenvalue weighted by Crippen LogP contribution is 2.33. The second kappa shape index (κ2) is 7.64. The van der Waals surface area contributed by atoms with E-state index in [0.29, 0.717) is 17.0 Å². The summed E-state index contributed by atoms with van der Waals surface area (Å²) in [7, 11) is 1.99. The standard InChI is InChI=1S/C27H28FN2/c1-16(2)20-7-9-21(10-8-20)22-11-12-23-25(14-22)29-15-30(6)27(23)24-13-17(3)26(28)19(5)18(24)4/h7-16H,1-6H3/q+1. The average Bonchev–Trinajstić information content (AvgIpc) is 2.75. The quantitative estimate of drug-likeness (QED) is 0.356. The number of hydrogen-bond donors (Lipinski definition) is 0. The molecular formula is C27H28FN2+. The van der Waals surface area contributed by atoms with Gasteiger partial charge in [-0.25, -0.2) is 8.96 Å². The second-order valence-electron chi connectivity index (χ2n) is 8.52. The molecule has 0 N–H and O–H groups in total. The van der Waals surface area contributed by atoms with Crippen molar-refractivity contribution in [2.45, 2.75) is 40.5 Å². The topological polar surface area (TPSA) is 16.8 Å². The van der Waals surface area contributed by atoms with Gasteiger partial charge in [0.05, 0.1) is 12.4 Å². The van der Waals surface area contributed by atoms with Crippen LogP contribution in [0.1, 0.15) is 42.0 Å². The lowest BCUT2D eigenvalue weighted by Crippen LogP contribution is -2.32. The highest BCUT2D eigenvalue weighted by molar-refractivity contribution is 5.94. The van der Waals surface area contributed by atoms with E-state index in [4.69, 9.17) is 0 Å². The Hall–Kier alpha value is -3.07. The van der Waals surface area contributed by atoms with Gasteiger partial charge in [-0.1, -0.05) is 44.2 Å². The molecule has 0 aliphatic rings. The normalized spacial score (nSPS) is 11.5. The summed E-state index contributed by atoms with van der Waals surface area (Å²) in [5, 5.41) is 1.07. The maximum absolute atomic E-state index is 14.4. The number of fused-ring (bicyclic) bond motifs is 1. The van der Waals surface area contributed by atoms with Gasteiger partial charge in [0.2, 0.25) is 0 Å². The summed E-state index contributed by atoms with van der Waals surface area (Å²) in [5.41, 5.74) is 9.06. The first-order chi connectivity index (χ1) is 14.3. The molecule has 3 aromatic carbocycles. The zero-order valence-electron chi connectivity index (χ0n) is 18.5. The molecule has 4 rings (SSSR count). The molecular weight excluding hydrogens is 371 g/mol. The van der Waals surface area contributed by atoms with Crippen LogP contribution in [0.4, 0.5) is 4.39 Å². The minimum atomic E-state index is -0.121. The number of hydrogen-bond acceptors (Lipinski definition) is 1. The van der Waals surface area contributed by atoms with E-state index in [2.05, 4.69) is 61.3 Å². The molecule has 2 nitrogen and oxygen atoms in total. The number of rotatable bonds is 3. The molecule has 0 bridgehead atoms. The number of aryl methyl sites for hydroxylation is 2. The Bertz CT molecular complexity index is 1250. The van der Waals surface area contributed by atoms with Gasteiger partial charge in [-0.05, 0) is 83.3 Å². The first-order valence-electron chi connectivity index (χ1n) is 10.4. The van der Waals surface area contributed by atoms with Crippen molar-refractivity contribution in [3.8, 4) is 22.4 Å². The molecule has 0 atom stereocenters. The maximum Gasteiger partial charge on any atom is 0.287 e. The molecule has 0 radical (unpaired) electrons. The smallest absolute Gasteiger partial charge is 0.232 e. The molecule has 0 amide bonds. The van der Waals surface area contributed by atoms with Crippen LogP contribution in [-0.2, 0) is 7.05 Å². The Morgan fingerprint density at radius 2 is 1.53 bits per heavy atom. The minimum absolute atomic E-state index is 0.121. The summed E-state index contributed by atoms with van der Waals surface area (Å²) < 4.78 is 16.4. The van der Waals surface area contributed by atoms with E-state index in [9.17, 15) is 4.39 Å². The van der Waals surface area contributed by atoms with Gasteiger partial charge in [-0.15, -0.1) is 0 Å². The van der Waals surface area contributed by atoms with E-state index < -0.39 is 0 Å². The second-order valence-corrected chi connectivity index (χ2v) is 8.52. The molecule has 0 aliphatic heterocycles. The van der Waals surface area contributed by atoms with Gasteiger partial charge >= 0.3 is 0 Å². The molecule has 152 valence electrons. The van der Waals surface area contributed by atoms with E-state index in [1.807, 2.05) is 44.8 Å². The lowest BCUT2D eigenvalue weighted by Gasteiger charge is -2.14. The van der Waals surface area contributed by atoms with Crippen LogP contribution in [0.3, 0.4) is 0 Å². The van der Waals surface area contributed by atoms with Gasteiger partial charge < -0.3 is 0 Å². The van der Waals surface area contributed by atoms with Gasteiger partial charge in [0.1, 0.15) is 11.5 Å². The van der Waals surface area contributed by atoms with Crippen molar-refractivity contribution in [2.75, 3.05) is 0 Å². The molecule has 0 aliphatic carbocycles. The van der Waals surface area contributed by atoms with Crippen LogP contribution >= 0.6 is 0 Å². The highest BCUT2D eigenvalue weighted by Gasteiger charge is 2.20. The van der Waals surface area contributed by atoms with Gasteiger partial charge in [0, 0.05) is 5.56 Å². The molecule has 1 aromatic heterocycles. The fourth-order valence-corrected chi connectivity index (χ4v) is 4.11. The predicted molar refractivity (Wildman–Crippen MR) is 122 cm³/mol. The van der Waals surface area contributed by atoms with Crippen molar-refractivity contribution in [2.24, 2.45) is 7.05 Å². The maximum atomic E-state index is 14.4. The van der Waals surface area contributed by atoms with Crippen LogP contribution in [0, 0.1) is 26.6 Å². The number of halogens is 1. The third-order valence-electron chi connectivity index (χ3n) is 6.14. The SMILES string of the molecule is Cc1cc(-c2c3ccc(-c4ccc(C(C)C)cc4)cc3nc[n+]2C)c(C)c(C)c1F. The highest BCUT2D eigenvalue weighted by atomic mass is 19.1. The Balaban J connectivity index is 1.89. The predicted octanol–water partition coefficient (Wildman–Crippen LogP) is 6.58. The molecule has 3 heteroatoms. The van der Waals surface area contributed by atoms with Gasteiger partial charge in [0.15, 0.2) is 5.52 Å². The summed E-state index contributed by atoms with van der Waals surface area (Å²) in [6.07, 6.45) is 1.84. The third kappa shape index (κ3) is 3.39. The van der Waals surface area contributed by atoms with Crippen molar-refractivity contribution in [1.29, 1.82) is 0 Å². The summed E-state index contributed by atoms with van der Waals surface area (Å²) in [5.74, 6) is 0.398. The zero-order valence-corrected chi connectivity index (χ0v) is 18.5. The van der Waals surface area contributed by atoms with Crippen molar-refractivity contribution < 1.29 is 8.96 Å². The zero-order chi connectivity index (χ0) is 21.6. The van der Waals surface area contributed by atoms with Crippen LogP contribution in [0.15, 0.2) is 54.9 Å².